The molecule has 0 aliphatic rings. The van der Waals surface area contributed by atoms with Crippen LogP contribution in [-0.2, 0) is 4.79 Å². The molecule has 17 heavy (non-hydrogen) atoms. The van der Waals surface area contributed by atoms with Crippen molar-refractivity contribution in [3.8, 4) is 12.3 Å². The zero-order chi connectivity index (χ0) is 12.8. The maximum Gasteiger partial charge on any atom is 0.244 e. The summed E-state index contributed by atoms with van der Waals surface area (Å²) in [5.74, 6) is 1.51. The minimum atomic E-state index is -0.792. The van der Waals surface area contributed by atoms with E-state index in [4.69, 9.17) is 12.2 Å². The van der Waals surface area contributed by atoms with E-state index in [1.807, 2.05) is 0 Å². The first-order chi connectivity index (χ1) is 8.11. The average molecular weight is 234 g/mol. The van der Waals surface area contributed by atoms with Crippen LogP contribution in [0.25, 0.3) is 0 Å². The number of hydrogen-bond donors (Lipinski definition) is 1. The van der Waals surface area contributed by atoms with Crippen LogP contribution in [0.3, 0.4) is 0 Å². The van der Waals surface area contributed by atoms with Gasteiger partial charge in [0.25, 0.3) is 0 Å². The van der Waals surface area contributed by atoms with Crippen LogP contribution in [0.1, 0.15) is 13.3 Å². The fourth-order valence-corrected chi connectivity index (χ4v) is 1.53. The van der Waals surface area contributed by atoms with E-state index < -0.39 is 11.9 Å². The van der Waals surface area contributed by atoms with Crippen LogP contribution in [0.5, 0.6) is 0 Å². The quantitative estimate of drug-likeness (QED) is 0.803. The standard InChI is InChI=1S/C13H15FN2O/c1-3-7-11(15)13(17)16(4-2)12-9-6-5-8-10(12)14/h1,5-6,8-9,11H,4,7,15H2,2H3. The first-order valence-corrected chi connectivity index (χ1v) is 5.36. The van der Waals surface area contributed by atoms with Crippen molar-refractivity contribution >= 4 is 11.6 Å². The monoisotopic (exact) mass is 234 g/mol. The smallest absolute Gasteiger partial charge is 0.244 e. The Morgan fingerprint density at radius 3 is 2.76 bits per heavy atom. The molecule has 2 N–H and O–H groups in total. The van der Waals surface area contributed by atoms with E-state index in [2.05, 4.69) is 5.92 Å². The van der Waals surface area contributed by atoms with E-state index in [1.54, 1.807) is 25.1 Å². The molecule has 1 aromatic carbocycles. The van der Waals surface area contributed by atoms with Crippen molar-refractivity contribution in [2.45, 2.75) is 19.4 Å². The summed E-state index contributed by atoms with van der Waals surface area (Å²) in [5, 5.41) is 0. The summed E-state index contributed by atoms with van der Waals surface area (Å²) in [4.78, 5) is 13.3. The van der Waals surface area contributed by atoms with Gasteiger partial charge in [-0.25, -0.2) is 4.39 Å². The molecule has 3 nitrogen and oxygen atoms in total. The molecular formula is C13H15FN2O. The molecule has 90 valence electrons. The molecule has 0 radical (unpaired) electrons. The van der Waals surface area contributed by atoms with E-state index in [0.717, 1.165) is 0 Å². The highest BCUT2D eigenvalue weighted by molar-refractivity contribution is 5.97. The molecule has 0 bridgehead atoms. The number of rotatable bonds is 4. The maximum atomic E-state index is 13.6. The Morgan fingerprint density at radius 2 is 2.24 bits per heavy atom. The average Bonchev–Trinajstić information content (AvgIpc) is 2.32. The van der Waals surface area contributed by atoms with Gasteiger partial charge in [-0.15, -0.1) is 12.3 Å². The van der Waals surface area contributed by atoms with Crippen molar-refractivity contribution in [2.75, 3.05) is 11.4 Å². The predicted octanol–water partition coefficient (Wildman–Crippen LogP) is 1.53. The Morgan fingerprint density at radius 1 is 1.59 bits per heavy atom. The molecule has 1 aromatic rings. The van der Waals surface area contributed by atoms with E-state index in [1.165, 1.54) is 11.0 Å². The van der Waals surface area contributed by atoms with Gasteiger partial charge in [0.15, 0.2) is 0 Å². The van der Waals surface area contributed by atoms with E-state index >= 15 is 0 Å². The van der Waals surface area contributed by atoms with Gasteiger partial charge in [0.1, 0.15) is 5.82 Å². The van der Waals surface area contributed by atoms with Gasteiger partial charge in [-0.05, 0) is 19.1 Å². The van der Waals surface area contributed by atoms with Gasteiger partial charge in [0, 0.05) is 13.0 Å². The van der Waals surface area contributed by atoms with E-state index in [9.17, 15) is 9.18 Å². The molecule has 1 atom stereocenters. The normalized spacial score (nSPS) is 11.6. The fraction of sp³-hybridized carbons (Fsp3) is 0.308. The number of amides is 1. The second kappa shape index (κ2) is 6.02. The number of anilines is 1. The number of benzene rings is 1. The van der Waals surface area contributed by atoms with Gasteiger partial charge < -0.3 is 10.6 Å². The Balaban J connectivity index is 2.97. The summed E-state index contributed by atoms with van der Waals surface area (Å²) in [6.07, 6.45) is 5.25. The predicted molar refractivity (Wildman–Crippen MR) is 65.9 cm³/mol. The number of terminal acetylenes is 1. The number of para-hydroxylation sites is 1. The van der Waals surface area contributed by atoms with Gasteiger partial charge in [-0.2, -0.15) is 0 Å². The summed E-state index contributed by atoms with van der Waals surface area (Å²) in [6.45, 7) is 2.10. The lowest BCUT2D eigenvalue weighted by atomic mass is 10.1. The van der Waals surface area contributed by atoms with Crippen molar-refractivity contribution in [1.82, 2.24) is 0 Å². The van der Waals surface area contributed by atoms with Crippen LogP contribution in [0.2, 0.25) is 0 Å². The SMILES string of the molecule is C#CCC(N)C(=O)N(CC)c1ccccc1F. The summed E-state index contributed by atoms with van der Waals surface area (Å²) in [7, 11) is 0. The third-order valence-electron chi connectivity index (χ3n) is 2.38. The molecule has 0 spiro atoms. The molecule has 0 heterocycles. The number of halogens is 1. The van der Waals surface area contributed by atoms with E-state index in [0.29, 0.717) is 6.54 Å². The zero-order valence-corrected chi connectivity index (χ0v) is 9.69. The molecule has 0 aliphatic carbocycles. The Labute approximate surface area is 100 Å². The molecule has 0 saturated carbocycles. The first-order valence-electron chi connectivity index (χ1n) is 5.36. The van der Waals surface area contributed by atoms with Crippen LogP contribution in [0.4, 0.5) is 10.1 Å². The van der Waals surface area contributed by atoms with Crippen molar-refractivity contribution < 1.29 is 9.18 Å². The minimum absolute atomic E-state index is 0.143. The van der Waals surface area contributed by atoms with Gasteiger partial charge in [-0.3, -0.25) is 4.79 Å². The van der Waals surface area contributed by atoms with Crippen LogP contribution in [0.15, 0.2) is 24.3 Å². The largest absolute Gasteiger partial charge is 0.319 e. The summed E-state index contributed by atoms with van der Waals surface area (Å²) >= 11 is 0. The Kier molecular flexibility index (Phi) is 4.68. The van der Waals surface area contributed by atoms with Crippen molar-refractivity contribution in [2.24, 2.45) is 5.73 Å². The molecule has 0 aliphatic heterocycles. The van der Waals surface area contributed by atoms with Gasteiger partial charge in [0.05, 0.1) is 11.7 Å². The van der Waals surface area contributed by atoms with Crippen LogP contribution in [-0.4, -0.2) is 18.5 Å². The molecule has 0 fully saturated rings. The van der Waals surface area contributed by atoms with Gasteiger partial charge in [0.2, 0.25) is 5.91 Å². The summed E-state index contributed by atoms with van der Waals surface area (Å²) in [5.41, 5.74) is 5.86. The number of nitrogens with two attached hydrogens (primary N) is 1. The maximum absolute atomic E-state index is 13.6. The van der Waals surface area contributed by atoms with Crippen molar-refractivity contribution in [1.29, 1.82) is 0 Å². The second-order valence-corrected chi connectivity index (χ2v) is 3.55. The number of likely N-dealkylation sites (N-methyl/N-ethyl adjacent to an activating group) is 1. The minimum Gasteiger partial charge on any atom is -0.319 e. The van der Waals surface area contributed by atoms with Gasteiger partial charge >= 0.3 is 0 Å². The Bertz CT molecular complexity index is 439. The highest BCUT2D eigenvalue weighted by Gasteiger charge is 2.22. The number of carbonyl (C=O) groups is 1. The number of hydrogen-bond acceptors (Lipinski definition) is 2. The second-order valence-electron chi connectivity index (χ2n) is 3.55. The topological polar surface area (TPSA) is 46.3 Å². The van der Waals surface area contributed by atoms with Crippen molar-refractivity contribution in [3.05, 3.63) is 30.1 Å². The van der Waals surface area contributed by atoms with Crippen LogP contribution >= 0.6 is 0 Å². The van der Waals surface area contributed by atoms with Crippen LogP contribution in [0, 0.1) is 18.2 Å². The van der Waals surface area contributed by atoms with Gasteiger partial charge in [-0.1, -0.05) is 12.1 Å². The highest BCUT2D eigenvalue weighted by Crippen LogP contribution is 2.19. The molecule has 0 aromatic heterocycles. The molecule has 1 amide bonds. The molecule has 0 saturated heterocycles. The first kappa shape index (κ1) is 13.2. The lowest BCUT2D eigenvalue weighted by molar-refractivity contribution is -0.119. The lowest BCUT2D eigenvalue weighted by Gasteiger charge is -2.24. The summed E-state index contributed by atoms with van der Waals surface area (Å²) in [6, 6.07) is 5.29. The molecular weight excluding hydrogens is 219 g/mol. The molecule has 1 unspecified atom stereocenters. The highest BCUT2D eigenvalue weighted by atomic mass is 19.1. The lowest BCUT2D eigenvalue weighted by Crippen LogP contribution is -2.44. The third kappa shape index (κ3) is 3.05. The molecule has 1 rings (SSSR count). The zero-order valence-electron chi connectivity index (χ0n) is 9.69. The van der Waals surface area contributed by atoms with Crippen molar-refractivity contribution in [3.63, 3.8) is 0 Å². The molecule has 4 heteroatoms. The van der Waals surface area contributed by atoms with E-state index in [-0.39, 0.29) is 18.0 Å². The third-order valence-corrected chi connectivity index (χ3v) is 2.38. The van der Waals surface area contributed by atoms with Crippen LogP contribution < -0.4 is 10.6 Å². The Hall–Kier alpha value is -1.86. The number of nitrogens with zero attached hydrogens (tertiary/aromatic N) is 1. The fourth-order valence-electron chi connectivity index (χ4n) is 1.53. The summed E-state index contributed by atoms with van der Waals surface area (Å²) < 4.78 is 13.6. The number of carbonyl (C=O) groups excluding carboxylic acids is 1.